The van der Waals surface area contributed by atoms with Gasteiger partial charge in [0.1, 0.15) is 0 Å². The van der Waals surface area contributed by atoms with Gasteiger partial charge in [-0.15, -0.1) is 0 Å². The van der Waals surface area contributed by atoms with Crippen molar-refractivity contribution in [2.45, 2.75) is 0 Å². The van der Waals surface area contributed by atoms with Gasteiger partial charge in [0, 0.05) is 0 Å². The lowest BCUT2D eigenvalue weighted by Gasteiger charge is -1.74. The lowest BCUT2D eigenvalue weighted by atomic mass is 13.1. The van der Waals surface area contributed by atoms with E-state index in [2.05, 4.69) is 0 Å². The normalized spacial score (nSPS) is 2.67. The second kappa shape index (κ2) is 63.0. The van der Waals surface area contributed by atoms with E-state index in [1.54, 1.807) is 0 Å². The number of hydrogen-bond donors (Lipinski definition) is 0. The molecule has 9 heteroatoms. The van der Waals surface area contributed by atoms with Crippen LogP contribution in [0.2, 0.25) is 0 Å². The third-order valence-electron chi connectivity index (χ3n) is 0. The van der Waals surface area contributed by atoms with Gasteiger partial charge in [0.15, 0.2) is 0 Å². The molecule has 0 bridgehead atoms. The second-order valence-electron chi connectivity index (χ2n) is 0.224. The zero-order valence-electron chi connectivity index (χ0n) is 4.17. The van der Waals surface area contributed by atoms with Gasteiger partial charge < -0.3 is 42.7 Å². The molecule has 0 amide bonds. The fourth-order valence-electron chi connectivity index (χ4n) is 0. The largest absolute Gasteiger partial charge is 0.412 e. The summed E-state index contributed by atoms with van der Waals surface area (Å²) in [5, 5.41) is 14.8. The standard InChI is InChI=1S/NO3.5H2O/c2-1(3)4;;;;;/h;5*1H2/q-1;;;;;. The molecule has 0 aliphatic carbocycles. The van der Waals surface area contributed by atoms with Crippen LogP contribution in [0.3, 0.4) is 0 Å². The van der Waals surface area contributed by atoms with Crippen LogP contribution in [-0.4, -0.2) is 32.5 Å². The van der Waals surface area contributed by atoms with Crippen molar-refractivity contribution in [1.29, 1.82) is 0 Å². The zero-order chi connectivity index (χ0) is 3.58. The topological polar surface area (TPSA) is 224 Å². The summed E-state index contributed by atoms with van der Waals surface area (Å²) < 4.78 is 0. The molecule has 0 radical (unpaired) electrons. The smallest absolute Gasteiger partial charge is 0.0689 e. The second-order valence-corrected chi connectivity index (χ2v) is 0.224. The van der Waals surface area contributed by atoms with Crippen molar-refractivity contribution >= 4 is 0 Å². The Morgan fingerprint density at radius 1 is 0.778 bits per heavy atom. The van der Waals surface area contributed by atoms with Crippen molar-refractivity contribution in [2.24, 2.45) is 0 Å². The van der Waals surface area contributed by atoms with Crippen molar-refractivity contribution in [2.75, 3.05) is 0 Å². The van der Waals surface area contributed by atoms with Crippen molar-refractivity contribution in [3.05, 3.63) is 15.3 Å². The minimum Gasteiger partial charge on any atom is -0.412 e. The van der Waals surface area contributed by atoms with E-state index in [-0.39, 0.29) is 27.4 Å². The Labute approximate surface area is 49.2 Å². The predicted molar refractivity (Wildman–Crippen MR) is 28.4 cm³/mol. The van der Waals surface area contributed by atoms with Crippen LogP contribution in [0.1, 0.15) is 0 Å². The Kier molecular flexibility index (Phi) is 686. The number of hydrogen-bond acceptors (Lipinski definition) is 3. The molecule has 0 saturated carbocycles. The molecule has 0 spiro atoms. The van der Waals surface area contributed by atoms with Gasteiger partial charge in [-0.3, -0.25) is 0 Å². The Morgan fingerprint density at radius 3 is 0.778 bits per heavy atom. The summed E-state index contributed by atoms with van der Waals surface area (Å²) in [4.78, 5) is 8.25. The summed E-state index contributed by atoms with van der Waals surface area (Å²) in [6.07, 6.45) is 0. The van der Waals surface area contributed by atoms with Gasteiger partial charge in [-0.25, -0.2) is 0 Å². The van der Waals surface area contributed by atoms with Crippen molar-refractivity contribution < 1.29 is 32.5 Å². The third kappa shape index (κ3) is 175. The maximum atomic E-state index is 8.25. The first-order chi connectivity index (χ1) is 1.73. The fraction of sp³-hybridized carbons (Fsp3) is 0. The van der Waals surface area contributed by atoms with Gasteiger partial charge in [-0.05, 0) is 0 Å². The van der Waals surface area contributed by atoms with E-state index < -0.39 is 5.09 Å². The monoisotopic (exact) mass is 152 g/mol. The van der Waals surface area contributed by atoms with E-state index in [4.69, 9.17) is 15.3 Å². The molecule has 9 nitrogen and oxygen atoms in total. The molecular formula is H10NO8-. The average molecular weight is 152 g/mol. The van der Waals surface area contributed by atoms with Crippen LogP contribution in [0.4, 0.5) is 0 Å². The van der Waals surface area contributed by atoms with E-state index in [9.17, 15) is 0 Å². The molecule has 9 heavy (non-hydrogen) atoms. The summed E-state index contributed by atoms with van der Waals surface area (Å²) in [6, 6.07) is 0. The fourth-order valence-corrected chi connectivity index (χ4v) is 0. The van der Waals surface area contributed by atoms with Crippen LogP contribution in [0, 0.1) is 15.3 Å². The lowest BCUT2D eigenvalue weighted by Crippen LogP contribution is -1.74. The first-order valence-electron chi connectivity index (χ1n) is 0.548. The summed E-state index contributed by atoms with van der Waals surface area (Å²) in [6.45, 7) is 0. The molecule has 0 aliphatic rings. The lowest BCUT2D eigenvalue weighted by molar-refractivity contribution is -0.402. The van der Waals surface area contributed by atoms with Crippen molar-refractivity contribution in [1.82, 2.24) is 0 Å². The third-order valence-corrected chi connectivity index (χ3v) is 0. The Bertz CT molecular complexity index is 27.5. The summed E-state index contributed by atoms with van der Waals surface area (Å²) >= 11 is 0. The molecule has 0 aromatic heterocycles. The molecule has 0 aromatic rings. The quantitative estimate of drug-likeness (QED) is 0.247. The van der Waals surface area contributed by atoms with Crippen LogP contribution in [-0.2, 0) is 0 Å². The van der Waals surface area contributed by atoms with Crippen LogP contribution in [0.25, 0.3) is 0 Å². The number of nitrogens with zero attached hydrogens (tertiary/aromatic N) is 1. The van der Waals surface area contributed by atoms with Crippen LogP contribution >= 0.6 is 0 Å². The van der Waals surface area contributed by atoms with Gasteiger partial charge >= 0.3 is 0 Å². The summed E-state index contributed by atoms with van der Waals surface area (Å²) in [5.41, 5.74) is 0. The maximum absolute atomic E-state index is 8.25. The first kappa shape index (κ1) is 98.0. The van der Waals surface area contributed by atoms with Gasteiger partial charge in [-0.2, -0.15) is 0 Å². The molecule has 0 unspecified atom stereocenters. The minimum atomic E-state index is -1.75. The van der Waals surface area contributed by atoms with E-state index in [0.29, 0.717) is 0 Å². The number of rotatable bonds is 0. The Morgan fingerprint density at radius 2 is 0.778 bits per heavy atom. The van der Waals surface area contributed by atoms with E-state index in [1.165, 1.54) is 0 Å². The molecule has 0 atom stereocenters. The first-order valence-corrected chi connectivity index (χ1v) is 0.548. The molecule has 0 aliphatic heterocycles. The Balaban J connectivity index is -0.00000000450. The van der Waals surface area contributed by atoms with E-state index in [1.807, 2.05) is 0 Å². The van der Waals surface area contributed by atoms with Crippen LogP contribution < -0.4 is 0 Å². The van der Waals surface area contributed by atoms with Crippen LogP contribution in [0.15, 0.2) is 0 Å². The van der Waals surface area contributed by atoms with Crippen molar-refractivity contribution in [3.8, 4) is 0 Å². The maximum Gasteiger partial charge on any atom is 0.0689 e. The molecule has 0 rings (SSSR count). The highest BCUT2D eigenvalue weighted by Gasteiger charge is 1.45. The molecule has 0 fully saturated rings. The Hall–Kier alpha value is -1.00. The molecule has 0 heterocycles. The minimum absolute atomic E-state index is 0. The zero-order valence-corrected chi connectivity index (χ0v) is 4.17. The highest BCUT2D eigenvalue weighted by molar-refractivity contribution is 4.03. The summed E-state index contributed by atoms with van der Waals surface area (Å²) in [7, 11) is 0. The molecule has 0 aromatic carbocycles. The van der Waals surface area contributed by atoms with Gasteiger partial charge in [0.25, 0.3) is 0 Å². The van der Waals surface area contributed by atoms with Crippen LogP contribution in [0.5, 0.6) is 0 Å². The van der Waals surface area contributed by atoms with Gasteiger partial charge in [0.2, 0.25) is 0 Å². The van der Waals surface area contributed by atoms with E-state index >= 15 is 0 Å². The SMILES string of the molecule is O.O.O.O.O.O=[N+]([O-])[O-]. The average Bonchev–Trinajstić information content (AvgIpc) is 0.811. The summed E-state index contributed by atoms with van der Waals surface area (Å²) in [5.74, 6) is 0. The van der Waals surface area contributed by atoms with Crippen molar-refractivity contribution in [3.63, 3.8) is 0 Å². The highest BCUT2D eigenvalue weighted by Crippen LogP contribution is 1.44. The molecule has 0 saturated heterocycles. The molecule has 10 N–H and O–H groups in total. The van der Waals surface area contributed by atoms with Gasteiger partial charge in [-0.1, -0.05) is 0 Å². The predicted octanol–water partition coefficient (Wildman–Crippen LogP) is -4.36. The molecule has 64 valence electrons. The van der Waals surface area contributed by atoms with E-state index in [0.717, 1.165) is 0 Å². The highest BCUT2D eigenvalue weighted by atomic mass is 16.9. The van der Waals surface area contributed by atoms with Gasteiger partial charge in [0.05, 0.1) is 5.09 Å². The molecular weight excluding hydrogens is 142 g/mol.